The monoisotopic (exact) mass is 341 g/mol. The minimum absolute atomic E-state index is 0.336. The van der Waals surface area contributed by atoms with Gasteiger partial charge in [0.15, 0.2) is 0 Å². The highest BCUT2D eigenvalue weighted by Gasteiger charge is 2.43. The van der Waals surface area contributed by atoms with Gasteiger partial charge < -0.3 is 14.7 Å². The van der Waals surface area contributed by atoms with Gasteiger partial charge in [0.05, 0.1) is 23.4 Å². The van der Waals surface area contributed by atoms with Gasteiger partial charge in [0.2, 0.25) is 11.8 Å². The van der Waals surface area contributed by atoms with Crippen molar-refractivity contribution in [2.45, 2.75) is 37.7 Å². The lowest BCUT2D eigenvalue weighted by atomic mass is 9.71. The molecule has 1 aromatic rings. The van der Waals surface area contributed by atoms with E-state index in [1.807, 2.05) is 0 Å². The minimum Gasteiger partial charge on any atom is -0.480 e. The molecule has 2 aliphatic rings. The van der Waals surface area contributed by atoms with Gasteiger partial charge in [-0.2, -0.15) is 4.98 Å². The average molecular weight is 342 g/mol. The molecule has 3 rings (SSSR count). The fraction of sp³-hybridized carbons (Fsp3) is 0.714. The third-order valence-corrected chi connectivity index (χ3v) is 5.15. The summed E-state index contributed by atoms with van der Waals surface area (Å²) in [7, 11) is 1.60. The summed E-state index contributed by atoms with van der Waals surface area (Å²) in [6, 6.07) is 0. The third-order valence-electron chi connectivity index (χ3n) is 4.60. The van der Waals surface area contributed by atoms with Crippen molar-refractivity contribution in [3.05, 3.63) is 10.7 Å². The lowest BCUT2D eigenvalue weighted by Gasteiger charge is -2.47. The maximum atomic E-state index is 10.7. The van der Waals surface area contributed by atoms with Gasteiger partial charge in [0, 0.05) is 19.0 Å². The van der Waals surface area contributed by atoms with Gasteiger partial charge in [-0.15, -0.1) is 0 Å². The molecule has 1 aliphatic heterocycles. The van der Waals surface area contributed by atoms with Crippen molar-refractivity contribution < 1.29 is 9.84 Å². The molecule has 2 atom stereocenters. The molecule has 1 saturated carbocycles. The van der Waals surface area contributed by atoms with Crippen LogP contribution in [0.25, 0.3) is 0 Å². The number of fused-ring (bicyclic) bond motifs is 1. The van der Waals surface area contributed by atoms with Crippen LogP contribution in [0.1, 0.15) is 32.1 Å². The normalized spacial score (nSPS) is 29.9. The van der Waals surface area contributed by atoms with E-state index < -0.39 is 5.60 Å². The molecule has 2 heterocycles. The number of hydrogen-bond donors (Lipinski definition) is 1. The van der Waals surface area contributed by atoms with Crippen molar-refractivity contribution in [3.8, 4) is 5.88 Å². The molecule has 0 aromatic carbocycles. The van der Waals surface area contributed by atoms with Crippen LogP contribution in [0.5, 0.6) is 5.88 Å². The van der Waals surface area contributed by atoms with E-state index in [0.29, 0.717) is 17.7 Å². The first-order valence-corrected chi connectivity index (χ1v) is 7.95. The summed E-state index contributed by atoms with van der Waals surface area (Å²) in [5.74, 6) is 1.58. The van der Waals surface area contributed by atoms with Gasteiger partial charge in [0.1, 0.15) is 0 Å². The highest BCUT2D eigenvalue weighted by atomic mass is 79.9. The van der Waals surface area contributed by atoms with Gasteiger partial charge in [-0.3, -0.25) is 0 Å². The standard InChI is InChI=1S/C14H20BrN3O2/c1-20-12-11(15)8-16-13(17-12)18-7-6-14(19)5-3-2-4-10(14)9-18/h8,10,19H,2-7,9H2,1H3. The Labute approximate surface area is 127 Å². The predicted molar refractivity (Wildman–Crippen MR) is 80.0 cm³/mol. The van der Waals surface area contributed by atoms with Gasteiger partial charge in [0.25, 0.3) is 0 Å². The average Bonchev–Trinajstić information content (AvgIpc) is 2.47. The van der Waals surface area contributed by atoms with Crippen molar-refractivity contribution in [1.29, 1.82) is 0 Å². The van der Waals surface area contributed by atoms with Crippen LogP contribution in [0.4, 0.5) is 5.95 Å². The van der Waals surface area contributed by atoms with Crippen molar-refractivity contribution in [2.24, 2.45) is 5.92 Å². The number of halogens is 1. The van der Waals surface area contributed by atoms with Crippen molar-refractivity contribution in [2.75, 3.05) is 25.1 Å². The zero-order valence-electron chi connectivity index (χ0n) is 11.7. The van der Waals surface area contributed by atoms with Gasteiger partial charge in [-0.25, -0.2) is 4.98 Å². The fourth-order valence-electron chi connectivity index (χ4n) is 3.39. The molecular formula is C14H20BrN3O2. The summed E-state index contributed by atoms with van der Waals surface area (Å²) in [4.78, 5) is 11.0. The molecule has 2 fully saturated rings. The SMILES string of the molecule is COc1nc(N2CCC3(O)CCCCC3C2)ncc1Br. The second kappa shape index (κ2) is 5.48. The number of methoxy groups -OCH3 is 1. The molecule has 1 aromatic heterocycles. The van der Waals surface area contributed by atoms with E-state index in [4.69, 9.17) is 4.74 Å². The smallest absolute Gasteiger partial charge is 0.232 e. The Balaban J connectivity index is 1.79. The van der Waals surface area contributed by atoms with E-state index in [2.05, 4.69) is 30.8 Å². The van der Waals surface area contributed by atoms with Crippen LogP contribution in [0.2, 0.25) is 0 Å². The zero-order chi connectivity index (χ0) is 14.2. The van der Waals surface area contributed by atoms with Crippen LogP contribution in [0.15, 0.2) is 10.7 Å². The fourth-order valence-corrected chi connectivity index (χ4v) is 3.74. The van der Waals surface area contributed by atoms with E-state index in [9.17, 15) is 5.11 Å². The first-order valence-electron chi connectivity index (χ1n) is 7.16. The van der Waals surface area contributed by atoms with Crippen molar-refractivity contribution >= 4 is 21.9 Å². The molecule has 2 unspecified atom stereocenters. The first kappa shape index (κ1) is 14.1. The lowest BCUT2D eigenvalue weighted by molar-refractivity contribution is -0.0614. The lowest BCUT2D eigenvalue weighted by Crippen LogP contribution is -2.53. The molecule has 110 valence electrons. The number of aromatic nitrogens is 2. The molecule has 1 N–H and O–H groups in total. The van der Waals surface area contributed by atoms with Gasteiger partial charge >= 0.3 is 0 Å². The summed E-state index contributed by atoms with van der Waals surface area (Å²) in [5.41, 5.74) is -0.464. The van der Waals surface area contributed by atoms with E-state index in [-0.39, 0.29) is 0 Å². The topological polar surface area (TPSA) is 58.5 Å². The quantitative estimate of drug-likeness (QED) is 0.894. The van der Waals surface area contributed by atoms with E-state index >= 15 is 0 Å². The molecule has 0 amide bonds. The maximum absolute atomic E-state index is 10.7. The molecule has 0 spiro atoms. The summed E-state index contributed by atoms with van der Waals surface area (Å²) in [5, 5.41) is 10.7. The Kier molecular flexibility index (Phi) is 3.86. The number of piperidine rings is 1. The Morgan fingerprint density at radius 1 is 1.45 bits per heavy atom. The highest BCUT2D eigenvalue weighted by Crippen LogP contribution is 2.40. The third kappa shape index (κ3) is 2.51. The molecular weight excluding hydrogens is 322 g/mol. The summed E-state index contributed by atoms with van der Waals surface area (Å²) >= 11 is 3.37. The number of nitrogens with zero attached hydrogens (tertiary/aromatic N) is 3. The summed E-state index contributed by atoms with van der Waals surface area (Å²) in [6.45, 7) is 1.64. The van der Waals surface area contributed by atoms with E-state index in [0.717, 1.165) is 43.2 Å². The molecule has 0 bridgehead atoms. The maximum Gasteiger partial charge on any atom is 0.232 e. The Morgan fingerprint density at radius 2 is 2.30 bits per heavy atom. The first-order chi connectivity index (χ1) is 9.62. The van der Waals surface area contributed by atoms with Crippen molar-refractivity contribution in [1.82, 2.24) is 9.97 Å². The summed E-state index contributed by atoms with van der Waals surface area (Å²) < 4.78 is 5.99. The predicted octanol–water partition coefficient (Wildman–Crippen LogP) is 2.38. The van der Waals surface area contributed by atoms with Crippen molar-refractivity contribution in [3.63, 3.8) is 0 Å². The van der Waals surface area contributed by atoms with Gasteiger partial charge in [-0.05, 0) is 35.2 Å². The van der Waals surface area contributed by atoms with Crippen LogP contribution in [0, 0.1) is 5.92 Å². The molecule has 1 aliphatic carbocycles. The number of rotatable bonds is 2. The van der Waals surface area contributed by atoms with E-state index in [1.54, 1.807) is 13.3 Å². The number of aliphatic hydroxyl groups is 1. The molecule has 20 heavy (non-hydrogen) atoms. The van der Waals surface area contributed by atoms with Crippen LogP contribution >= 0.6 is 15.9 Å². The summed E-state index contributed by atoms with van der Waals surface area (Å²) in [6.07, 6.45) is 6.93. The minimum atomic E-state index is -0.464. The Bertz CT molecular complexity index is 499. The van der Waals surface area contributed by atoms with Crippen LogP contribution in [-0.2, 0) is 0 Å². The van der Waals surface area contributed by atoms with Crippen LogP contribution in [0.3, 0.4) is 0 Å². The highest BCUT2D eigenvalue weighted by molar-refractivity contribution is 9.10. The molecule has 1 saturated heterocycles. The Hall–Kier alpha value is -0.880. The zero-order valence-corrected chi connectivity index (χ0v) is 13.3. The molecule has 6 heteroatoms. The molecule has 5 nitrogen and oxygen atoms in total. The largest absolute Gasteiger partial charge is 0.480 e. The number of hydrogen-bond acceptors (Lipinski definition) is 5. The van der Waals surface area contributed by atoms with E-state index in [1.165, 1.54) is 6.42 Å². The van der Waals surface area contributed by atoms with Crippen LogP contribution < -0.4 is 9.64 Å². The van der Waals surface area contributed by atoms with Gasteiger partial charge in [-0.1, -0.05) is 12.8 Å². The van der Waals surface area contributed by atoms with Crippen LogP contribution in [-0.4, -0.2) is 40.9 Å². The number of ether oxygens (including phenoxy) is 1. The Morgan fingerprint density at radius 3 is 3.10 bits per heavy atom. The molecule has 0 radical (unpaired) electrons. The second-order valence-electron chi connectivity index (χ2n) is 5.77. The second-order valence-corrected chi connectivity index (χ2v) is 6.62. The number of anilines is 1.